The van der Waals surface area contributed by atoms with Gasteiger partial charge in [-0.1, -0.05) is 17.3 Å². The van der Waals surface area contributed by atoms with E-state index in [2.05, 4.69) is 15.8 Å². The van der Waals surface area contributed by atoms with E-state index in [1.165, 1.54) is 30.3 Å². The smallest absolute Gasteiger partial charge is 0.412 e. The number of hydrogen-bond donors (Lipinski definition) is 2. The van der Waals surface area contributed by atoms with Gasteiger partial charge in [-0.05, 0) is 51.1 Å². The molecule has 0 atom stereocenters. The average molecular weight is 415 g/mol. The van der Waals surface area contributed by atoms with Gasteiger partial charge in [0.25, 0.3) is 5.91 Å². The Bertz CT molecular complexity index is 1090. The van der Waals surface area contributed by atoms with Crippen LogP contribution >= 0.6 is 0 Å². The summed E-state index contributed by atoms with van der Waals surface area (Å²) in [6.07, 6.45) is -0.770. The number of aromatic nitrogens is 1. The van der Waals surface area contributed by atoms with E-state index in [0.717, 1.165) is 12.1 Å². The average Bonchev–Trinajstić information content (AvgIpc) is 3.13. The number of rotatable bonds is 4. The van der Waals surface area contributed by atoms with E-state index in [4.69, 9.17) is 9.26 Å². The zero-order chi connectivity index (χ0) is 21.9. The van der Waals surface area contributed by atoms with E-state index in [0.29, 0.717) is 0 Å². The van der Waals surface area contributed by atoms with Crippen molar-refractivity contribution in [3.8, 4) is 11.3 Å². The first-order valence-corrected chi connectivity index (χ1v) is 8.95. The van der Waals surface area contributed by atoms with Gasteiger partial charge in [-0.2, -0.15) is 0 Å². The topological polar surface area (TPSA) is 93.5 Å². The van der Waals surface area contributed by atoms with E-state index in [9.17, 15) is 18.4 Å². The lowest BCUT2D eigenvalue weighted by atomic mass is 10.1. The molecule has 2 N–H and O–H groups in total. The minimum atomic E-state index is -0.770. The molecule has 0 saturated heterocycles. The molecule has 3 rings (SSSR count). The number of ether oxygens (including phenoxy) is 1. The summed E-state index contributed by atoms with van der Waals surface area (Å²) in [5.74, 6) is -1.84. The number of benzene rings is 2. The Morgan fingerprint density at radius 3 is 2.43 bits per heavy atom. The summed E-state index contributed by atoms with van der Waals surface area (Å²) in [6, 6.07) is 10.5. The monoisotopic (exact) mass is 415 g/mol. The van der Waals surface area contributed by atoms with Crippen molar-refractivity contribution in [3.63, 3.8) is 0 Å². The number of nitrogens with zero attached hydrogens (tertiary/aromatic N) is 1. The molecule has 2 amide bonds. The maximum absolute atomic E-state index is 13.9. The van der Waals surface area contributed by atoms with Crippen molar-refractivity contribution in [2.45, 2.75) is 26.4 Å². The zero-order valence-corrected chi connectivity index (χ0v) is 16.5. The van der Waals surface area contributed by atoms with Crippen molar-refractivity contribution < 1.29 is 27.6 Å². The molecule has 0 bridgehead atoms. The maximum Gasteiger partial charge on any atom is 0.412 e. The highest BCUT2D eigenvalue weighted by Crippen LogP contribution is 2.26. The summed E-state index contributed by atoms with van der Waals surface area (Å²) in [4.78, 5) is 24.5. The third-order valence-corrected chi connectivity index (χ3v) is 3.75. The fraction of sp³-hybridized carbons (Fsp3) is 0.190. The molecule has 2 aromatic carbocycles. The van der Waals surface area contributed by atoms with Crippen LogP contribution in [0.2, 0.25) is 0 Å². The molecule has 30 heavy (non-hydrogen) atoms. The summed E-state index contributed by atoms with van der Waals surface area (Å²) >= 11 is 0. The largest absolute Gasteiger partial charge is 0.444 e. The first-order chi connectivity index (χ1) is 14.1. The Morgan fingerprint density at radius 2 is 1.73 bits per heavy atom. The number of nitrogens with one attached hydrogen (secondary N) is 2. The van der Waals surface area contributed by atoms with Crippen LogP contribution in [0.1, 0.15) is 31.3 Å². The van der Waals surface area contributed by atoms with E-state index >= 15 is 0 Å². The number of anilines is 2. The van der Waals surface area contributed by atoms with E-state index < -0.39 is 29.2 Å². The fourth-order valence-corrected chi connectivity index (χ4v) is 2.50. The van der Waals surface area contributed by atoms with E-state index in [-0.39, 0.29) is 28.4 Å². The maximum atomic E-state index is 13.9. The van der Waals surface area contributed by atoms with Crippen LogP contribution in [-0.2, 0) is 4.74 Å². The van der Waals surface area contributed by atoms with Gasteiger partial charge in [0, 0.05) is 6.07 Å². The van der Waals surface area contributed by atoms with Crippen molar-refractivity contribution in [3.05, 3.63) is 65.9 Å². The lowest BCUT2D eigenvalue weighted by molar-refractivity contribution is 0.0635. The first-order valence-electron chi connectivity index (χ1n) is 8.95. The van der Waals surface area contributed by atoms with Gasteiger partial charge in [-0.25, -0.2) is 13.6 Å². The highest BCUT2D eigenvalue weighted by atomic mass is 19.1. The number of halogens is 2. The van der Waals surface area contributed by atoms with Crippen LogP contribution in [0.3, 0.4) is 0 Å². The van der Waals surface area contributed by atoms with Gasteiger partial charge in [0.15, 0.2) is 11.5 Å². The van der Waals surface area contributed by atoms with Gasteiger partial charge in [-0.3, -0.25) is 10.1 Å². The summed E-state index contributed by atoms with van der Waals surface area (Å²) in [6.45, 7) is 5.08. The normalized spacial score (nSPS) is 11.1. The van der Waals surface area contributed by atoms with E-state index in [1.54, 1.807) is 26.8 Å². The molecule has 7 nitrogen and oxygen atoms in total. The Morgan fingerprint density at radius 1 is 1.00 bits per heavy atom. The Kier molecular flexibility index (Phi) is 5.81. The quantitative estimate of drug-likeness (QED) is 0.609. The van der Waals surface area contributed by atoms with Crippen LogP contribution in [0.25, 0.3) is 11.3 Å². The number of amides is 2. The van der Waals surface area contributed by atoms with Crippen LogP contribution < -0.4 is 10.6 Å². The molecule has 0 radical (unpaired) electrons. The molecule has 0 spiro atoms. The summed E-state index contributed by atoms with van der Waals surface area (Å²) in [5, 5.41) is 8.54. The van der Waals surface area contributed by atoms with Gasteiger partial charge in [0.05, 0.1) is 16.9 Å². The predicted octanol–water partition coefficient (Wildman–Crippen LogP) is 5.22. The second kappa shape index (κ2) is 8.32. The molecular formula is C21H19F2N3O4. The Hall–Kier alpha value is -3.75. The highest BCUT2D eigenvalue weighted by molar-refractivity contribution is 6.06. The van der Waals surface area contributed by atoms with Gasteiger partial charge in [0.2, 0.25) is 0 Å². The molecular weight excluding hydrogens is 396 g/mol. The van der Waals surface area contributed by atoms with Gasteiger partial charge >= 0.3 is 6.09 Å². The van der Waals surface area contributed by atoms with Gasteiger partial charge < -0.3 is 14.6 Å². The lowest BCUT2D eigenvalue weighted by Gasteiger charge is -2.20. The molecule has 0 aliphatic rings. The minimum absolute atomic E-state index is 0.0127. The molecule has 0 aliphatic heterocycles. The van der Waals surface area contributed by atoms with Crippen molar-refractivity contribution in [2.75, 3.05) is 10.6 Å². The molecule has 0 saturated carbocycles. The molecule has 1 aromatic heterocycles. The fourth-order valence-electron chi connectivity index (χ4n) is 2.50. The van der Waals surface area contributed by atoms with Crippen molar-refractivity contribution in [2.24, 2.45) is 0 Å². The van der Waals surface area contributed by atoms with Crippen molar-refractivity contribution in [1.82, 2.24) is 5.16 Å². The Balaban J connectivity index is 1.79. The lowest BCUT2D eigenvalue weighted by Crippen LogP contribution is -2.27. The third-order valence-electron chi connectivity index (χ3n) is 3.75. The molecule has 9 heteroatoms. The van der Waals surface area contributed by atoms with Crippen LogP contribution in [0.15, 0.2) is 53.1 Å². The standard InChI is InChI=1S/C21H19F2N3O4/c1-21(2,3)29-20(28)25-15-9-8-12(22)10-16(15)24-19(27)17-11-18(30-26-17)13-6-4-5-7-14(13)23/h4-11H,1-3H3,(H,24,27)(H,25,28). The SMILES string of the molecule is CC(C)(C)OC(=O)Nc1ccc(F)cc1NC(=O)c1cc(-c2ccccc2F)on1. The highest BCUT2D eigenvalue weighted by Gasteiger charge is 2.20. The number of hydrogen-bond acceptors (Lipinski definition) is 5. The predicted molar refractivity (Wildman–Crippen MR) is 106 cm³/mol. The molecule has 3 aromatic rings. The zero-order valence-electron chi connectivity index (χ0n) is 16.5. The number of carbonyl (C=O) groups excluding carboxylic acids is 2. The second-order valence-electron chi connectivity index (χ2n) is 7.33. The van der Waals surface area contributed by atoms with Crippen LogP contribution in [0, 0.1) is 11.6 Å². The van der Waals surface area contributed by atoms with Crippen molar-refractivity contribution >= 4 is 23.4 Å². The molecule has 0 aliphatic carbocycles. The van der Waals surface area contributed by atoms with E-state index in [1.807, 2.05) is 0 Å². The summed E-state index contributed by atoms with van der Waals surface area (Å²) in [5.41, 5.74) is -0.641. The molecule has 156 valence electrons. The second-order valence-corrected chi connectivity index (χ2v) is 7.33. The van der Waals surface area contributed by atoms with Crippen LogP contribution in [0.4, 0.5) is 25.0 Å². The summed E-state index contributed by atoms with van der Waals surface area (Å²) < 4.78 is 37.8. The van der Waals surface area contributed by atoms with Crippen LogP contribution in [0.5, 0.6) is 0 Å². The summed E-state index contributed by atoms with van der Waals surface area (Å²) in [7, 11) is 0. The molecule has 0 unspecified atom stereocenters. The third kappa shape index (κ3) is 5.19. The van der Waals surface area contributed by atoms with Gasteiger partial charge in [-0.15, -0.1) is 0 Å². The van der Waals surface area contributed by atoms with Crippen molar-refractivity contribution in [1.29, 1.82) is 0 Å². The van der Waals surface area contributed by atoms with Gasteiger partial charge in [0.1, 0.15) is 17.2 Å². The van der Waals surface area contributed by atoms with Crippen LogP contribution in [-0.4, -0.2) is 22.8 Å². The molecule has 1 heterocycles. The number of carbonyl (C=O) groups is 2. The molecule has 0 fully saturated rings. The Labute approximate surface area is 171 Å². The first kappa shape index (κ1) is 21.0. The minimum Gasteiger partial charge on any atom is -0.444 e.